The first-order valence-corrected chi connectivity index (χ1v) is 11.4. The Morgan fingerprint density at radius 1 is 0.926 bits per heavy atom. The van der Waals surface area contributed by atoms with Gasteiger partial charge >= 0.3 is 5.69 Å². The third kappa shape index (κ3) is 5.99. The van der Waals surface area contributed by atoms with Gasteiger partial charge in [-0.1, -0.05) is 77.0 Å². The van der Waals surface area contributed by atoms with E-state index in [-0.39, 0.29) is 5.56 Å². The van der Waals surface area contributed by atoms with Crippen LogP contribution < -0.4 is 11.2 Å². The third-order valence-electron chi connectivity index (χ3n) is 4.94. The van der Waals surface area contributed by atoms with Crippen LogP contribution in [0.4, 0.5) is 0 Å². The third-order valence-corrected chi connectivity index (χ3v) is 6.00. The fraction of sp³-hybridized carbons (Fsp3) is 0.750. The van der Waals surface area contributed by atoms with Crippen LogP contribution in [0.1, 0.15) is 78.1 Å². The summed E-state index contributed by atoms with van der Waals surface area (Å²) in [6.07, 6.45) is 12.1. The van der Waals surface area contributed by atoms with E-state index in [4.69, 9.17) is 0 Å². The number of unbranched alkanes of at least 4 members (excludes halogenated alkanes) is 8. The quantitative estimate of drug-likeness (QED) is 0.402. The molecule has 0 aliphatic heterocycles. The predicted molar refractivity (Wildman–Crippen MR) is 114 cm³/mol. The van der Waals surface area contributed by atoms with Crippen LogP contribution >= 0.6 is 11.8 Å². The number of aryl methyl sites for hydroxylation is 2. The number of hydrogen-bond acceptors (Lipinski definition) is 4. The van der Waals surface area contributed by atoms with Crippen LogP contribution in [0.2, 0.25) is 0 Å². The second-order valence-corrected chi connectivity index (χ2v) is 8.28. The fourth-order valence-corrected chi connectivity index (χ4v) is 4.30. The monoisotopic (exact) mass is 394 g/mol. The molecule has 0 aromatic carbocycles. The molecule has 0 aliphatic rings. The molecule has 152 valence electrons. The van der Waals surface area contributed by atoms with Gasteiger partial charge in [-0.25, -0.2) is 9.78 Å². The molecule has 0 fully saturated rings. The zero-order valence-corrected chi connectivity index (χ0v) is 17.9. The average molecular weight is 395 g/mol. The molecule has 1 N–H and O–H groups in total. The summed E-state index contributed by atoms with van der Waals surface area (Å²) in [5, 5.41) is 0.864. The number of aromatic nitrogens is 4. The molecule has 27 heavy (non-hydrogen) atoms. The summed E-state index contributed by atoms with van der Waals surface area (Å²) in [5.41, 5.74) is 0.284. The van der Waals surface area contributed by atoms with E-state index < -0.39 is 5.69 Å². The summed E-state index contributed by atoms with van der Waals surface area (Å²) in [4.78, 5) is 31.4. The maximum absolute atomic E-state index is 12.4. The average Bonchev–Trinajstić information content (AvgIpc) is 3.02. The van der Waals surface area contributed by atoms with E-state index in [1.165, 1.54) is 49.5 Å². The maximum Gasteiger partial charge on any atom is 0.329 e. The van der Waals surface area contributed by atoms with Crippen LogP contribution in [0.25, 0.3) is 11.2 Å². The summed E-state index contributed by atoms with van der Waals surface area (Å²) in [7, 11) is 1.67. The molecular formula is C20H34N4O2S. The van der Waals surface area contributed by atoms with Gasteiger partial charge in [0.2, 0.25) is 0 Å². The van der Waals surface area contributed by atoms with Crippen LogP contribution in [0.3, 0.4) is 0 Å². The number of imidazole rings is 1. The van der Waals surface area contributed by atoms with Gasteiger partial charge in [0.25, 0.3) is 5.56 Å². The second-order valence-electron chi connectivity index (χ2n) is 7.21. The van der Waals surface area contributed by atoms with Crippen molar-refractivity contribution in [2.75, 3.05) is 5.75 Å². The highest BCUT2D eigenvalue weighted by atomic mass is 32.2. The molecule has 0 saturated carbocycles. The minimum atomic E-state index is -0.406. The summed E-state index contributed by atoms with van der Waals surface area (Å²) in [5.74, 6) is 0.995. The lowest BCUT2D eigenvalue weighted by Gasteiger charge is -2.08. The molecule has 7 heteroatoms. The number of hydrogen-bond donors (Lipinski definition) is 1. The first kappa shape index (κ1) is 21.8. The molecule has 6 nitrogen and oxygen atoms in total. The van der Waals surface area contributed by atoms with Crippen LogP contribution in [0.5, 0.6) is 0 Å². The Balaban J connectivity index is 2.16. The van der Waals surface area contributed by atoms with Gasteiger partial charge in [0, 0.05) is 19.3 Å². The Hall–Kier alpha value is -1.50. The van der Waals surface area contributed by atoms with E-state index in [0.29, 0.717) is 11.2 Å². The summed E-state index contributed by atoms with van der Waals surface area (Å²) in [6.45, 7) is 5.21. The normalized spacial score (nSPS) is 11.5. The van der Waals surface area contributed by atoms with Gasteiger partial charge < -0.3 is 4.57 Å². The van der Waals surface area contributed by atoms with Crippen LogP contribution in [0, 0.1) is 0 Å². The molecular weight excluding hydrogens is 360 g/mol. The molecule has 0 radical (unpaired) electrons. The molecule has 0 bridgehead atoms. The van der Waals surface area contributed by atoms with Crippen molar-refractivity contribution in [1.82, 2.24) is 19.1 Å². The van der Waals surface area contributed by atoms with Gasteiger partial charge in [-0.3, -0.25) is 14.3 Å². The van der Waals surface area contributed by atoms with Crippen molar-refractivity contribution in [3.05, 3.63) is 20.8 Å². The Kier molecular flexibility index (Phi) is 9.18. The van der Waals surface area contributed by atoms with Crippen molar-refractivity contribution in [1.29, 1.82) is 0 Å². The second kappa shape index (κ2) is 11.4. The predicted octanol–water partition coefficient (Wildman–Crippen LogP) is 4.46. The summed E-state index contributed by atoms with van der Waals surface area (Å²) < 4.78 is 3.46. The van der Waals surface area contributed by atoms with Crippen molar-refractivity contribution >= 4 is 22.9 Å². The lowest BCUT2D eigenvalue weighted by molar-refractivity contribution is 0.551. The van der Waals surface area contributed by atoms with E-state index in [1.54, 1.807) is 18.8 Å². The van der Waals surface area contributed by atoms with E-state index >= 15 is 0 Å². The van der Waals surface area contributed by atoms with Crippen LogP contribution in [0.15, 0.2) is 14.7 Å². The molecule has 2 rings (SSSR count). The smallest absolute Gasteiger partial charge is 0.313 e. The summed E-state index contributed by atoms with van der Waals surface area (Å²) >= 11 is 1.71. The highest BCUT2D eigenvalue weighted by Gasteiger charge is 2.17. The molecule has 0 unspecified atom stereocenters. The zero-order chi connectivity index (χ0) is 19.6. The zero-order valence-electron chi connectivity index (χ0n) is 17.1. The number of aromatic amines is 1. The topological polar surface area (TPSA) is 72.7 Å². The Morgan fingerprint density at radius 2 is 1.56 bits per heavy atom. The van der Waals surface area contributed by atoms with Gasteiger partial charge in [-0.05, 0) is 12.8 Å². The SMILES string of the molecule is CCCCCCCSc1nc2c(c(=O)[nH]c(=O)n2C)n1CCCCCCC. The number of thioether (sulfide) groups is 1. The molecule has 2 aromatic heterocycles. The Labute approximate surface area is 165 Å². The van der Waals surface area contributed by atoms with Gasteiger partial charge in [0.1, 0.15) is 0 Å². The highest BCUT2D eigenvalue weighted by molar-refractivity contribution is 7.99. The first-order chi connectivity index (χ1) is 13.1. The number of fused-ring (bicyclic) bond motifs is 1. The molecule has 0 aliphatic carbocycles. The van der Waals surface area contributed by atoms with Crippen molar-refractivity contribution in [3.8, 4) is 0 Å². The summed E-state index contributed by atoms with van der Waals surface area (Å²) in [6, 6.07) is 0. The number of H-pyrrole nitrogens is 1. The van der Waals surface area contributed by atoms with E-state index in [9.17, 15) is 9.59 Å². The first-order valence-electron chi connectivity index (χ1n) is 10.4. The lowest BCUT2D eigenvalue weighted by atomic mass is 10.1. The van der Waals surface area contributed by atoms with E-state index in [0.717, 1.165) is 36.7 Å². The highest BCUT2D eigenvalue weighted by Crippen LogP contribution is 2.23. The Bertz CT molecular complexity index is 822. The molecule has 2 heterocycles. The maximum atomic E-state index is 12.4. The van der Waals surface area contributed by atoms with Crippen LogP contribution in [-0.4, -0.2) is 24.9 Å². The Morgan fingerprint density at radius 3 is 2.22 bits per heavy atom. The standard InChI is InChI=1S/C20H34N4O2S/c1-4-6-8-10-12-14-24-16-17(23(3)19(26)22-18(16)25)21-20(24)27-15-13-11-9-7-5-2/h4-15H2,1-3H3,(H,22,25,26). The van der Waals surface area contributed by atoms with Gasteiger partial charge in [-0.15, -0.1) is 0 Å². The molecule has 0 amide bonds. The van der Waals surface area contributed by atoms with Crippen molar-refractivity contribution in [3.63, 3.8) is 0 Å². The molecule has 0 atom stereocenters. The van der Waals surface area contributed by atoms with Gasteiger partial charge in [0.05, 0.1) is 0 Å². The van der Waals surface area contributed by atoms with Crippen molar-refractivity contribution in [2.45, 2.75) is 89.8 Å². The molecule has 2 aromatic rings. The molecule has 0 saturated heterocycles. The van der Waals surface area contributed by atoms with E-state index in [2.05, 4.69) is 23.8 Å². The van der Waals surface area contributed by atoms with E-state index in [1.807, 2.05) is 4.57 Å². The van der Waals surface area contributed by atoms with Gasteiger partial charge in [0.15, 0.2) is 16.3 Å². The van der Waals surface area contributed by atoms with Gasteiger partial charge in [-0.2, -0.15) is 0 Å². The number of nitrogens with zero attached hydrogens (tertiary/aromatic N) is 3. The van der Waals surface area contributed by atoms with Crippen molar-refractivity contribution in [2.24, 2.45) is 7.05 Å². The minimum Gasteiger partial charge on any atom is -0.313 e. The minimum absolute atomic E-state index is 0.330. The lowest BCUT2D eigenvalue weighted by Crippen LogP contribution is -2.29. The molecule has 0 spiro atoms. The van der Waals surface area contributed by atoms with Crippen LogP contribution in [-0.2, 0) is 13.6 Å². The fourth-order valence-electron chi connectivity index (χ4n) is 3.27. The number of rotatable bonds is 13. The largest absolute Gasteiger partial charge is 0.329 e. The van der Waals surface area contributed by atoms with Crippen molar-refractivity contribution < 1.29 is 0 Å². The number of nitrogens with one attached hydrogen (secondary N) is 1.